The van der Waals surface area contributed by atoms with Crippen LogP contribution in [0.2, 0.25) is 0 Å². The van der Waals surface area contributed by atoms with Crippen LogP contribution < -0.4 is 10.2 Å². The lowest BCUT2D eigenvalue weighted by Crippen LogP contribution is -2.43. The molecule has 2 N–H and O–H groups in total. The van der Waals surface area contributed by atoms with Crippen LogP contribution in [0.25, 0.3) is 0 Å². The highest BCUT2D eigenvalue weighted by Gasteiger charge is 2.38. The normalized spacial score (nSPS) is 18.2. The number of nitrogens with zero attached hydrogens (tertiary/aromatic N) is 3. The fraction of sp³-hybridized carbons (Fsp3) is 0.364. The highest BCUT2D eigenvalue weighted by Crippen LogP contribution is 2.34. The second-order valence-corrected chi connectivity index (χ2v) is 8.44. The topological polar surface area (TPSA) is 116 Å². The second kappa shape index (κ2) is 8.78. The van der Waals surface area contributed by atoms with Crippen molar-refractivity contribution in [1.82, 2.24) is 10.3 Å². The van der Waals surface area contributed by atoms with E-state index < -0.39 is 41.3 Å². The van der Waals surface area contributed by atoms with E-state index >= 15 is 0 Å². The van der Waals surface area contributed by atoms with E-state index in [0.717, 1.165) is 24.4 Å². The summed E-state index contributed by atoms with van der Waals surface area (Å²) in [5, 5.41) is 21.3. The van der Waals surface area contributed by atoms with Gasteiger partial charge in [0.2, 0.25) is 0 Å². The number of ether oxygens (including phenoxy) is 1. The molecule has 2 atom stereocenters. The third kappa shape index (κ3) is 5.11. The molecule has 168 valence electrons. The van der Waals surface area contributed by atoms with E-state index in [2.05, 4.69) is 10.3 Å². The number of carbonyl (C=O) groups excluding carboxylic acids is 1. The number of benzene rings is 1. The third-order valence-corrected chi connectivity index (χ3v) is 4.91. The van der Waals surface area contributed by atoms with Crippen LogP contribution >= 0.6 is 0 Å². The SMILES string of the molecule is CC(C)(C)OC(=O)NC1CN(c2ncc(C(=O)O)cc2C#N)CC1c1cc(F)ccc1F. The minimum Gasteiger partial charge on any atom is -0.478 e. The lowest BCUT2D eigenvalue weighted by molar-refractivity contribution is 0.0504. The first kappa shape index (κ1) is 22.9. The van der Waals surface area contributed by atoms with Crippen molar-refractivity contribution < 1.29 is 28.2 Å². The summed E-state index contributed by atoms with van der Waals surface area (Å²) in [6, 6.07) is 5.50. The molecule has 0 aliphatic carbocycles. The van der Waals surface area contributed by atoms with Crippen LogP contribution in [-0.2, 0) is 4.74 Å². The van der Waals surface area contributed by atoms with Crippen LogP contribution in [0.5, 0.6) is 0 Å². The summed E-state index contributed by atoms with van der Waals surface area (Å²) in [7, 11) is 0. The van der Waals surface area contributed by atoms with Crippen LogP contribution in [0.3, 0.4) is 0 Å². The number of pyridine rings is 1. The number of carboxylic acids is 1. The lowest BCUT2D eigenvalue weighted by Gasteiger charge is -2.24. The molecule has 1 saturated heterocycles. The first-order valence-corrected chi connectivity index (χ1v) is 9.81. The van der Waals surface area contributed by atoms with Gasteiger partial charge in [0.1, 0.15) is 29.1 Å². The molecule has 2 heterocycles. The van der Waals surface area contributed by atoms with Gasteiger partial charge in [0, 0.05) is 25.2 Å². The number of carboxylic acid groups (broad SMARTS) is 1. The van der Waals surface area contributed by atoms with Gasteiger partial charge in [-0.1, -0.05) is 0 Å². The molecule has 0 bridgehead atoms. The van der Waals surface area contributed by atoms with Gasteiger partial charge in [-0.2, -0.15) is 5.26 Å². The first-order valence-electron chi connectivity index (χ1n) is 9.81. The van der Waals surface area contributed by atoms with Crippen LogP contribution in [0.4, 0.5) is 19.4 Å². The fourth-order valence-electron chi connectivity index (χ4n) is 3.60. The van der Waals surface area contributed by atoms with Crippen LogP contribution in [0.1, 0.15) is 48.2 Å². The van der Waals surface area contributed by atoms with Crippen molar-refractivity contribution in [3.8, 4) is 6.07 Å². The average molecular weight is 444 g/mol. The highest BCUT2D eigenvalue weighted by atomic mass is 19.1. The minimum absolute atomic E-state index is 0.0151. The minimum atomic E-state index is -1.23. The first-order chi connectivity index (χ1) is 15.0. The molecule has 1 aliphatic rings. The number of aromatic carboxylic acids is 1. The Morgan fingerprint density at radius 2 is 2.00 bits per heavy atom. The number of amides is 1. The van der Waals surface area contributed by atoms with Crippen molar-refractivity contribution in [2.24, 2.45) is 0 Å². The monoisotopic (exact) mass is 444 g/mol. The van der Waals surface area contributed by atoms with Crippen molar-refractivity contribution >= 4 is 17.9 Å². The van der Waals surface area contributed by atoms with Gasteiger partial charge in [0.25, 0.3) is 0 Å². The molecule has 1 aromatic heterocycles. The van der Waals surface area contributed by atoms with Gasteiger partial charge in [0.15, 0.2) is 0 Å². The highest BCUT2D eigenvalue weighted by molar-refractivity contribution is 5.88. The quantitative estimate of drug-likeness (QED) is 0.742. The number of hydrogen-bond acceptors (Lipinski definition) is 6. The number of halogens is 2. The van der Waals surface area contributed by atoms with Gasteiger partial charge in [-0.05, 0) is 50.6 Å². The van der Waals surface area contributed by atoms with Crippen molar-refractivity contribution in [3.63, 3.8) is 0 Å². The Hall–Kier alpha value is -3.74. The molecule has 0 saturated carbocycles. The molecule has 8 nitrogen and oxygen atoms in total. The molecule has 2 aromatic rings. The summed E-state index contributed by atoms with van der Waals surface area (Å²) >= 11 is 0. The van der Waals surface area contributed by atoms with E-state index in [4.69, 9.17) is 9.84 Å². The summed E-state index contributed by atoms with van der Waals surface area (Å²) in [6.07, 6.45) is 0.395. The predicted octanol–water partition coefficient (Wildman–Crippen LogP) is 3.43. The van der Waals surface area contributed by atoms with E-state index in [1.54, 1.807) is 25.7 Å². The van der Waals surface area contributed by atoms with E-state index in [1.807, 2.05) is 6.07 Å². The summed E-state index contributed by atoms with van der Waals surface area (Å²) in [4.78, 5) is 29.3. The van der Waals surface area contributed by atoms with E-state index in [-0.39, 0.29) is 35.6 Å². The fourth-order valence-corrected chi connectivity index (χ4v) is 3.60. The molecule has 2 unspecified atom stereocenters. The van der Waals surface area contributed by atoms with Gasteiger partial charge in [-0.15, -0.1) is 0 Å². The number of alkyl carbamates (subject to hydrolysis) is 1. The van der Waals surface area contributed by atoms with Crippen LogP contribution in [-0.4, -0.2) is 46.9 Å². The van der Waals surface area contributed by atoms with E-state index in [1.165, 1.54) is 6.07 Å². The van der Waals surface area contributed by atoms with Crippen molar-refractivity contribution in [3.05, 3.63) is 58.8 Å². The van der Waals surface area contributed by atoms with Crippen molar-refractivity contribution in [2.75, 3.05) is 18.0 Å². The Bertz CT molecular complexity index is 1090. The number of hydrogen-bond donors (Lipinski definition) is 2. The van der Waals surface area contributed by atoms with Crippen LogP contribution in [0, 0.1) is 23.0 Å². The van der Waals surface area contributed by atoms with E-state index in [0.29, 0.717) is 0 Å². The Balaban J connectivity index is 1.96. The van der Waals surface area contributed by atoms with Gasteiger partial charge in [0.05, 0.1) is 17.2 Å². The zero-order chi connectivity index (χ0) is 23.6. The average Bonchev–Trinajstić information content (AvgIpc) is 3.10. The Kier molecular flexibility index (Phi) is 6.30. The maximum absolute atomic E-state index is 14.6. The Labute approximate surface area is 183 Å². The molecule has 3 rings (SSSR count). The zero-order valence-electron chi connectivity index (χ0n) is 17.7. The molecular formula is C22H22F2N4O4. The van der Waals surface area contributed by atoms with Gasteiger partial charge in [-0.3, -0.25) is 0 Å². The molecule has 0 spiro atoms. The molecule has 1 amide bonds. The number of nitrogens with one attached hydrogen (secondary N) is 1. The maximum atomic E-state index is 14.6. The van der Waals surface area contributed by atoms with Gasteiger partial charge < -0.3 is 20.1 Å². The summed E-state index contributed by atoms with van der Waals surface area (Å²) in [6.45, 7) is 5.32. The number of anilines is 1. The number of carbonyl (C=O) groups is 2. The second-order valence-electron chi connectivity index (χ2n) is 8.44. The molecule has 1 aromatic carbocycles. The van der Waals surface area contributed by atoms with Gasteiger partial charge >= 0.3 is 12.1 Å². The van der Waals surface area contributed by atoms with Crippen molar-refractivity contribution in [2.45, 2.75) is 38.3 Å². The van der Waals surface area contributed by atoms with Crippen molar-refractivity contribution in [1.29, 1.82) is 5.26 Å². The maximum Gasteiger partial charge on any atom is 0.407 e. The largest absolute Gasteiger partial charge is 0.478 e. The molecule has 1 aliphatic heterocycles. The predicted molar refractivity (Wildman–Crippen MR) is 110 cm³/mol. The summed E-state index contributed by atoms with van der Waals surface area (Å²) in [5.41, 5.74) is -0.833. The van der Waals surface area contributed by atoms with Crippen LogP contribution in [0.15, 0.2) is 30.5 Å². The van der Waals surface area contributed by atoms with E-state index in [9.17, 15) is 23.6 Å². The Morgan fingerprint density at radius 3 is 2.62 bits per heavy atom. The lowest BCUT2D eigenvalue weighted by atomic mass is 9.94. The molecule has 1 fully saturated rings. The Morgan fingerprint density at radius 1 is 1.28 bits per heavy atom. The zero-order valence-corrected chi connectivity index (χ0v) is 17.7. The molecule has 32 heavy (non-hydrogen) atoms. The molecule has 10 heteroatoms. The standard InChI is InChI=1S/C22H22F2N4O4/c1-22(2,3)32-21(31)27-18-11-28(10-16(18)15-7-14(23)4-5-17(15)24)19-12(8-25)6-13(9-26-19)20(29)30/h4-7,9,16,18H,10-11H2,1-3H3,(H,27,31)(H,29,30). The summed E-state index contributed by atoms with van der Waals surface area (Å²) in [5.74, 6) is -2.98. The van der Waals surface area contributed by atoms with Gasteiger partial charge in [-0.25, -0.2) is 23.4 Å². The smallest absolute Gasteiger partial charge is 0.407 e. The summed E-state index contributed by atoms with van der Waals surface area (Å²) < 4.78 is 33.7. The number of aromatic nitrogens is 1. The molecule has 0 radical (unpaired) electrons. The number of rotatable bonds is 4. The molecular weight excluding hydrogens is 422 g/mol. The number of nitriles is 1. The third-order valence-electron chi connectivity index (χ3n) is 4.91.